The number of carboxylic acids is 1. The summed E-state index contributed by atoms with van der Waals surface area (Å²) in [6.07, 6.45) is 7.77. The van der Waals surface area contributed by atoms with Gasteiger partial charge in [0.2, 0.25) is 6.33 Å². The van der Waals surface area contributed by atoms with Crippen LogP contribution in [-0.2, 0) is 17.9 Å². The molecule has 0 aliphatic rings. The Labute approximate surface area is 83.8 Å². The fourth-order valence-electron chi connectivity index (χ4n) is 1.32. The zero-order chi connectivity index (χ0) is 10.4. The molecule has 0 aliphatic heterocycles. The zero-order valence-electron chi connectivity index (χ0n) is 8.48. The fourth-order valence-corrected chi connectivity index (χ4v) is 1.32. The zero-order valence-corrected chi connectivity index (χ0v) is 8.48. The molecule has 0 atom stereocenters. The Morgan fingerprint density at radius 1 is 1.50 bits per heavy atom. The lowest BCUT2D eigenvalue weighted by atomic mass is 10.2. The Balaban J connectivity index is 2.21. The van der Waals surface area contributed by atoms with Crippen LogP contribution < -0.4 is 9.67 Å². The maximum atomic E-state index is 10.1. The molecule has 0 bridgehead atoms. The molecule has 4 nitrogen and oxygen atoms in total. The van der Waals surface area contributed by atoms with Gasteiger partial charge in [0.05, 0.1) is 13.1 Å². The molecular formula is C10H16N2O2. The highest BCUT2D eigenvalue weighted by molar-refractivity contribution is 5.63. The second-order valence-electron chi connectivity index (χ2n) is 3.31. The van der Waals surface area contributed by atoms with E-state index in [2.05, 4.69) is 16.1 Å². The van der Waals surface area contributed by atoms with Crippen LogP contribution in [0.4, 0.5) is 0 Å². The lowest BCUT2D eigenvalue weighted by Crippen LogP contribution is -2.31. The molecule has 4 heteroatoms. The van der Waals surface area contributed by atoms with Gasteiger partial charge in [0.15, 0.2) is 0 Å². The third-order valence-corrected chi connectivity index (χ3v) is 2.16. The molecule has 78 valence electrons. The minimum absolute atomic E-state index is 0.162. The number of rotatable bonds is 6. The van der Waals surface area contributed by atoms with E-state index in [-0.39, 0.29) is 6.42 Å². The molecule has 0 saturated heterocycles. The van der Waals surface area contributed by atoms with Crippen LogP contribution in [-0.4, -0.2) is 10.5 Å². The first-order valence-corrected chi connectivity index (χ1v) is 4.97. The van der Waals surface area contributed by atoms with E-state index in [1.54, 1.807) is 0 Å². The van der Waals surface area contributed by atoms with Gasteiger partial charge >= 0.3 is 0 Å². The van der Waals surface area contributed by atoms with Crippen molar-refractivity contribution in [1.29, 1.82) is 0 Å². The van der Waals surface area contributed by atoms with Crippen LogP contribution in [0.15, 0.2) is 18.7 Å². The van der Waals surface area contributed by atoms with E-state index < -0.39 is 5.97 Å². The second-order valence-corrected chi connectivity index (χ2v) is 3.31. The first-order valence-electron chi connectivity index (χ1n) is 4.97. The highest BCUT2D eigenvalue weighted by Crippen LogP contribution is 1.94. The number of aryl methyl sites for hydroxylation is 2. The Morgan fingerprint density at radius 3 is 2.86 bits per heavy atom. The SMILES string of the molecule is CCn1cc[n+](CCCCC(=O)[O-])c1. The first-order chi connectivity index (χ1) is 6.72. The lowest BCUT2D eigenvalue weighted by molar-refractivity contribution is -0.696. The monoisotopic (exact) mass is 196 g/mol. The lowest BCUT2D eigenvalue weighted by Gasteiger charge is -1.99. The third kappa shape index (κ3) is 3.60. The fraction of sp³-hybridized carbons (Fsp3) is 0.600. The molecule has 0 spiro atoms. The molecule has 0 aromatic carbocycles. The van der Waals surface area contributed by atoms with Crippen molar-refractivity contribution in [3.8, 4) is 0 Å². The van der Waals surface area contributed by atoms with Gasteiger partial charge < -0.3 is 9.90 Å². The summed E-state index contributed by atoms with van der Waals surface area (Å²) < 4.78 is 4.15. The molecule has 0 N–H and O–H groups in total. The van der Waals surface area contributed by atoms with Gasteiger partial charge in [-0.1, -0.05) is 0 Å². The quantitative estimate of drug-likeness (QED) is 0.464. The third-order valence-electron chi connectivity index (χ3n) is 2.16. The van der Waals surface area contributed by atoms with Gasteiger partial charge in [0.25, 0.3) is 0 Å². The van der Waals surface area contributed by atoms with Gasteiger partial charge in [-0.05, 0) is 26.2 Å². The molecule has 1 heterocycles. The van der Waals surface area contributed by atoms with Crippen LogP contribution in [0.3, 0.4) is 0 Å². The predicted octanol–water partition coefficient (Wildman–Crippen LogP) is -0.284. The number of hydrogen-bond acceptors (Lipinski definition) is 2. The number of imidazole rings is 1. The van der Waals surface area contributed by atoms with Crippen molar-refractivity contribution < 1.29 is 14.5 Å². The van der Waals surface area contributed by atoms with E-state index >= 15 is 0 Å². The number of carbonyl (C=O) groups excluding carboxylic acids is 1. The summed E-state index contributed by atoms with van der Waals surface area (Å²) >= 11 is 0. The van der Waals surface area contributed by atoms with Crippen LogP contribution in [0.2, 0.25) is 0 Å². The van der Waals surface area contributed by atoms with E-state index in [1.165, 1.54) is 0 Å². The van der Waals surface area contributed by atoms with E-state index in [0.717, 1.165) is 19.5 Å². The Kier molecular flexibility index (Phi) is 4.16. The molecule has 0 radical (unpaired) electrons. The maximum Gasteiger partial charge on any atom is 0.243 e. The highest BCUT2D eigenvalue weighted by atomic mass is 16.4. The number of aliphatic carboxylic acids is 1. The summed E-state index contributed by atoms with van der Waals surface area (Å²) in [5.41, 5.74) is 0. The Morgan fingerprint density at radius 2 is 2.29 bits per heavy atom. The average Bonchev–Trinajstić information content (AvgIpc) is 2.60. The van der Waals surface area contributed by atoms with Crippen molar-refractivity contribution in [3.05, 3.63) is 18.7 Å². The summed E-state index contributed by atoms with van der Waals surface area (Å²) in [6.45, 7) is 3.92. The van der Waals surface area contributed by atoms with Crippen molar-refractivity contribution in [2.45, 2.75) is 39.3 Å². The smallest absolute Gasteiger partial charge is 0.243 e. The Bertz CT molecular complexity index is 294. The van der Waals surface area contributed by atoms with Crippen LogP contribution in [0, 0.1) is 0 Å². The van der Waals surface area contributed by atoms with Gasteiger partial charge in [-0.15, -0.1) is 0 Å². The largest absolute Gasteiger partial charge is 0.550 e. The summed E-state index contributed by atoms with van der Waals surface area (Å²) in [7, 11) is 0. The van der Waals surface area contributed by atoms with Crippen LogP contribution in [0.5, 0.6) is 0 Å². The number of carboxylic acid groups (broad SMARTS) is 1. The van der Waals surface area contributed by atoms with Gasteiger partial charge in [-0.2, -0.15) is 0 Å². The van der Waals surface area contributed by atoms with Crippen molar-refractivity contribution in [2.24, 2.45) is 0 Å². The van der Waals surface area contributed by atoms with Crippen LogP contribution in [0.1, 0.15) is 26.2 Å². The summed E-state index contributed by atoms with van der Waals surface area (Å²) in [4.78, 5) is 10.1. The summed E-state index contributed by atoms with van der Waals surface area (Å²) in [5.74, 6) is -0.957. The van der Waals surface area contributed by atoms with Gasteiger partial charge in [-0.25, -0.2) is 9.13 Å². The minimum Gasteiger partial charge on any atom is -0.550 e. The van der Waals surface area contributed by atoms with E-state index in [0.29, 0.717) is 6.42 Å². The van der Waals surface area contributed by atoms with Crippen molar-refractivity contribution in [3.63, 3.8) is 0 Å². The number of hydrogen-bond donors (Lipinski definition) is 0. The van der Waals surface area contributed by atoms with Crippen molar-refractivity contribution in [2.75, 3.05) is 0 Å². The van der Waals surface area contributed by atoms with E-state index in [1.807, 2.05) is 18.7 Å². The van der Waals surface area contributed by atoms with Crippen molar-refractivity contribution >= 4 is 5.97 Å². The van der Waals surface area contributed by atoms with Gasteiger partial charge in [0.1, 0.15) is 12.4 Å². The predicted molar refractivity (Wildman–Crippen MR) is 49.2 cm³/mol. The van der Waals surface area contributed by atoms with Crippen LogP contribution >= 0.6 is 0 Å². The number of unbranched alkanes of at least 4 members (excludes halogenated alkanes) is 1. The molecule has 0 fully saturated rings. The molecule has 0 amide bonds. The normalized spacial score (nSPS) is 10.4. The summed E-state index contributed by atoms with van der Waals surface area (Å²) in [6, 6.07) is 0. The first kappa shape index (κ1) is 10.8. The van der Waals surface area contributed by atoms with Gasteiger partial charge in [-0.3, -0.25) is 0 Å². The van der Waals surface area contributed by atoms with Crippen molar-refractivity contribution in [1.82, 2.24) is 4.57 Å². The standard InChI is InChI=1S/C10H16N2O2/c1-2-11-7-8-12(9-11)6-4-3-5-10(13)14/h7-9H,2-6H2,1H3. The molecule has 1 rings (SSSR count). The van der Waals surface area contributed by atoms with Crippen LogP contribution in [0.25, 0.3) is 0 Å². The van der Waals surface area contributed by atoms with E-state index in [9.17, 15) is 9.90 Å². The molecule has 14 heavy (non-hydrogen) atoms. The van der Waals surface area contributed by atoms with E-state index in [4.69, 9.17) is 0 Å². The molecule has 0 unspecified atom stereocenters. The number of aromatic nitrogens is 2. The molecule has 1 aromatic heterocycles. The maximum absolute atomic E-state index is 10.1. The summed E-state index contributed by atoms with van der Waals surface area (Å²) in [5, 5.41) is 10.1. The molecule has 0 saturated carbocycles. The number of carbonyl (C=O) groups is 1. The minimum atomic E-state index is -0.957. The van der Waals surface area contributed by atoms with Gasteiger partial charge in [0, 0.05) is 5.97 Å². The molecule has 0 aliphatic carbocycles. The topological polar surface area (TPSA) is 48.9 Å². The molecule has 1 aromatic rings. The number of nitrogens with zero attached hydrogens (tertiary/aromatic N) is 2. The second kappa shape index (κ2) is 5.42. The highest BCUT2D eigenvalue weighted by Gasteiger charge is 2.00. The molecular weight excluding hydrogens is 180 g/mol. The Hall–Kier alpha value is -1.32. The average molecular weight is 196 g/mol.